The number of hydrogen-bond donors (Lipinski definition) is 0. The quantitative estimate of drug-likeness (QED) is 0.507. The molecule has 0 saturated carbocycles. The van der Waals surface area contributed by atoms with E-state index in [1.807, 2.05) is 49.4 Å². The molecule has 0 spiro atoms. The average molecular weight is 343 g/mol. The third-order valence-electron chi connectivity index (χ3n) is 3.84. The van der Waals surface area contributed by atoms with Crippen molar-refractivity contribution >= 4 is 5.97 Å². The topological polar surface area (TPSA) is 75.9 Å². The molecule has 0 saturated heterocycles. The minimum atomic E-state index is -0.214. The van der Waals surface area contributed by atoms with Gasteiger partial charge in [0.2, 0.25) is 5.82 Å². The van der Waals surface area contributed by atoms with Gasteiger partial charge in [-0.1, -0.05) is 43.3 Å². The van der Waals surface area contributed by atoms with E-state index < -0.39 is 0 Å². The fourth-order valence-corrected chi connectivity index (χ4v) is 2.49. The molecule has 3 rings (SSSR count). The molecule has 0 amide bonds. The first kappa shape index (κ1) is 17.3. The van der Waals surface area contributed by atoms with Crippen LogP contribution in [0.15, 0.2) is 60.9 Å². The molecule has 0 fully saturated rings. The minimum Gasteiger partial charge on any atom is -0.427 e. The van der Waals surface area contributed by atoms with Crippen molar-refractivity contribution in [3.8, 4) is 34.1 Å². The number of aromatic nitrogens is 2. The van der Waals surface area contributed by atoms with Gasteiger partial charge in [-0.15, -0.1) is 0 Å². The van der Waals surface area contributed by atoms with E-state index in [-0.39, 0.29) is 11.8 Å². The highest BCUT2D eigenvalue weighted by molar-refractivity contribution is 5.73. The summed E-state index contributed by atoms with van der Waals surface area (Å²) >= 11 is 0. The molecular formula is C21H17N3O2. The van der Waals surface area contributed by atoms with Crippen LogP contribution in [0, 0.1) is 11.3 Å². The van der Waals surface area contributed by atoms with Crippen molar-refractivity contribution < 1.29 is 9.53 Å². The van der Waals surface area contributed by atoms with Crippen LogP contribution in [0.25, 0.3) is 22.3 Å². The Morgan fingerprint density at radius 2 is 1.42 bits per heavy atom. The van der Waals surface area contributed by atoms with Crippen LogP contribution in [-0.2, 0) is 4.79 Å². The molecule has 0 aliphatic heterocycles. The number of nitriles is 1. The molecule has 2 aromatic carbocycles. The van der Waals surface area contributed by atoms with Crippen molar-refractivity contribution in [2.24, 2.45) is 0 Å². The molecule has 1 aromatic heterocycles. The Morgan fingerprint density at radius 3 is 1.92 bits per heavy atom. The number of benzene rings is 2. The maximum Gasteiger partial charge on any atom is 0.311 e. The second-order valence-corrected chi connectivity index (χ2v) is 5.73. The number of hydrogen-bond acceptors (Lipinski definition) is 5. The lowest BCUT2D eigenvalue weighted by Gasteiger charge is -2.07. The number of rotatable bonds is 5. The molecule has 0 aliphatic carbocycles. The molecule has 5 nitrogen and oxygen atoms in total. The van der Waals surface area contributed by atoms with Crippen LogP contribution in [0.1, 0.15) is 25.6 Å². The summed E-state index contributed by atoms with van der Waals surface area (Å²) in [6.07, 6.45) is 4.47. The third kappa shape index (κ3) is 4.11. The van der Waals surface area contributed by atoms with Gasteiger partial charge in [0.05, 0.1) is 0 Å². The summed E-state index contributed by atoms with van der Waals surface area (Å²) < 4.78 is 5.27. The van der Waals surface area contributed by atoms with Gasteiger partial charge < -0.3 is 4.74 Å². The lowest BCUT2D eigenvalue weighted by molar-refractivity contribution is -0.134. The van der Waals surface area contributed by atoms with Crippen molar-refractivity contribution in [2.75, 3.05) is 0 Å². The highest BCUT2D eigenvalue weighted by atomic mass is 16.5. The largest absolute Gasteiger partial charge is 0.427 e. The monoisotopic (exact) mass is 343 g/mol. The Morgan fingerprint density at radius 1 is 0.923 bits per heavy atom. The van der Waals surface area contributed by atoms with Crippen LogP contribution in [-0.4, -0.2) is 15.9 Å². The number of nitrogens with zero attached hydrogens (tertiary/aromatic N) is 3. The standard InChI is InChI=1S/C21H17N3O2/c1-2-3-21(25)26-19-10-8-16(9-11-19)15-4-6-17(7-5-15)18-13-23-20(12-22)24-14-18/h4-11,13-14H,2-3H2,1H3. The first-order chi connectivity index (χ1) is 12.7. The van der Waals surface area contributed by atoms with Crippen molar-refractivity contribution in [3.63, 3.8) is 0 Å². The Kier molecular flexibility index (Phi) is 5.35. The van der Waals surface area contributed by atoms with Crippen LogP contribution < -0.4 is 4.74 Å². The van der Waals surface area contributed by atoms with Crippen molar-refractivity contribution in [1.82, 2.24) is 9.97 Å². The van der Waals surface area contributed by atoms with Gasteiger partial charge in [0.25, 0.3) is 0 Å². The van der Waals surface area contributed by atoms with E-state index >= 15 is 0 Å². The predicted molar refractivity (Wildman–Crippen MR) is 98.2 cm³/mol. The Bertz CT molecular complexity index is 925. The summed E-state index contributed by atoms with van der Waals surface area (Å²) in [5, 5.41) is 8.75. The molecule has 0 atom stereocenters. The van der Waals surface area contributed by atoms with Gasteiger partial charge >= 0.3 is 5.97 Å². The SMILES string of the molecule is CCCC(=O)Oc1ccc(-c2ccc(-c3cnc(C#N)nc3)cc2)cc1. The van der Waals surface area contributed by atoms with Gasteiger partial charge in [0.15, 0.2) is 0 Å². The average Bonchev–Trinajstić information content (AvgIpc) is 2.69. The van der Waals surface area contributed by atoms with Gasteiger partial charge in [0.1, 0.15) is 11.8 Å². The second kappa shape index (κ2) is 8.04. The molecule has 1 heterocycles. The van der Waals surface area contributed by atoms with E-state index in [1.165, 1.54) is 0 Å². The van der Waals surface area contributed by atoms with Crippen LogP contribution in [0.5, 0.6) is 5.75 Å². The van der Waals surface area contributed by atoms with Crippen LogP contribution in [0.3, 0.4) is 0 Å². The summed E-state index contributed by atoms with van der Waals surface area (Å²) in [6, 6.07) is 17.3. The maximum absolute atomic E-state index is 11.5. The third-order valence-corrected chi connectivity index (χ3v) is 3.84. The predicted octanol–water partition coefficient (Wildman–Crippen LogP) is 4.39. The Hall–Kier alpha value is -3.52. The molecule has 0 aliphatic rings. The maximum atomic E-state index is 11.5. The second-order valence-electron chi connectivity index (χ2n) is 5.73. The molecule has 26 heavy (non-hydrogen) atoms. The molecule has 0 bridgehead atoms. The summed E-state index contributed by atoms with van der Waals surface area (Å²) in [5.41, 5.74) is 3.91. The molecule has 0 unspecified atom stereocenters. The molecular weight excluding hydrogens is 326 g/mol. The van der Waals surface area contributed by atoms with E-state index in [0.717, 1.165) is 28.7 Å². The highest BCUT2D eigenvalue weighted by Crippen LogP contribution is 2.26. The smallest absolute Gasteiger partial charge is 0.311 e. The van der Waals surface area contributed by atoms with E-state index in [2.05, 4.69) is 9.97 Å². The zero-order chi connectivity index (χ0) is 18.4. The highest BCUT2D eigenvalue weighted by Gasteiger charge is 2.05. The fraction of sp³-hybridized carbons (Fsp3) is 0.143. The van der Waals surface area contributed by atoms with Gasteiger partial charge in [0, 0.05) is 24.4 Å². The normalized spacial score (nSPS) is 10.2. The lowest BCUT2D eigenvalue weighted by atomic mass is 10.0. The molecule has 0 radical (unpaired) electrons. The fourth-order valence-electron chi connectivity index (χ4n) is 2.49. The first-order valence-corrected chi connectivity index (χ1v) is 8.33. The first-order valence-electron chi connectivity index (χ1n) is 8.33. The summed E-state index contributed by atoms with van der Waals surface area (Å²) in [7, 11) is 0. The van der Waals surface area contributed by atoms with Crippen LogP contribution in [0.4, 0.5) is 0 Å². The van der Waals surface area contributed by atoms with Crippen molar-refractivity contribution in [2.45, 2.75) is 19.8 Å². The minimum absolute atomic E-state index is 0.157. The van der Waals surface area contributed by atoms with Gasteiger partial charge in [-0.05, 0) is 35.2 Å². The molecule has 5 heteroatoms. The zero-order valence-corrected chi connectivity index (χ0v) is 14.3. The summed E-state index contributed by atoms with van der Waals surface area (Å²) in [5.74, 6) is 0.498. The van der Waals surface area contributed by atoms with Crippen LogP contribution >= 0.6 is 0 Å². The Labute approximate surface area is 151 Å². The zero-order valence-electron chi connectivity index (χ0n) is 14.3. The number of esters is 1. The Balaban J connectivity index is 1.73. The summed E-state index contributed by atoms with van der Waals surface area (Å²) in [4.78, 5) is 19.5. The van der Waals surface area contributed by atoms with E-state index in [4.69, 9.17) is 10.00 Å². The van der Waals surface area contributed by atoms with E-state index in [9.17, 15) is 4.79 Å². The van der Waals surface area contributed by atoms with E-state index in [0.29, 0.717) is 12.2 Å². The number of ether oxygens (including phenoxy) is 1. The lowest BCUT2D eigenvalue weighted by Crippen LogP contribution is -2.06. The molecule has 3 aromatic rings. The van der Waals surface area contributed by atoms with Crippen molar-refractivity contribution in [1.29, 1.82) is 5.26 Å². The van der Waals surface area contributed by atoms with Gasteiger partial charge in [-0.2, -0.15) is 5.26 Å². The van der Waals surface area contributed by atoms with Gasteiger partial charge in [-0.25, -0.2) is 9.97 Å². The number of carbonyl (C=O) groups excluding carboxylic acids is 1. The van der Waals surface area contributed by atoms with Crippen LogP contribution in [0.2, 0.25) is 0 Å². The molecule has 0 N–H and O–H groups in total. The van der Waals surface area contributed by atoms with E-state index in [1.54, 1.807) is 24.5 Å². The molecule has 128 valence electrons. The van der Waals surface area contributed by atoms with Crippen molar-refractivity contribution in [3.05, 3.63) is 66.7 Å². The number of carbonyl (C=O) groups is 1. The van der Waals surface area contributed by atoms with Gasteiger partial charge in [-0.3, -0.25) is 4.79 Å². The summed E-state index contributed by atoms with van der Waals surface area (Å²) in [6.45, 7) is 1.94.